The molecule has 0 saturated heterocycles. The first-order valence-corrected chi connectivity index (χ1v) is 8.74. The van der Waals surface area contributed by atoms with Gasteiger partial charge in [-0.2, -0.15) is 0 Å². The molecule has 0 bridgehead atoms. The van der Waals surface area contributed by atoms with Crippen LogP contribution in [0.2, 0.25) is 0 Å². The second-order valence-electron chi connectivity index (χ2n) is 6.32. The number of carbonyl (C=O) groups is 2. The standard InChI is InChI=1S/C22H16N2O4/c25-20(17-10-9-15-5-1-2-6-16(15)11-17)14-28-22(27)13-24-19-8-4-3-7-18(19)23-12-21(24)26/h1-12H,13-14H2. The number of hydrogen-bond donors (Lipinski definition) is 0. The van der Waals surface area contributed by atoms with Gasteiger partial charge in [-0.1, -0.05) is 48.5 Å². The zero-order valence-electron chi connectivity index (χ0n) is 14.9. The van der Waals surface area contributed by atoms with Crippen molar-refractivity contribution in [2.24, 2.45) is 0 Å². The molecule has 0 saturated carbocycles. The van der Waals surface area contributed by atoms with Gasteiger partial charge in [0.05, 0.1) is 17.2 Å². The Hall–Kier alpha value is -3.80. The molecule has 4 rings (SSSR count). The second kappa shape index (κ2) is 7.44. The van der Waals surface area contributed by atoms with Crippen molar-refractivity contribution < 1.29 is 14.3 Å². The van der Waals surface area contributed by atoms with Crippen molar-refractivity contribution in [1.82, 2.24) is 9.55 Å². The maximum atomic E-state index is 12.4. The van der Waals surface area contributed by atoms with Gasteiger partial charge in [0, 0.05) is 5.56 Å². The van der Waals surface area contributed by atoms with Crippen LogP contribution in [0.5, 0.6) is 0 Å². The molecule has 0 aliphatic rings. The summed E-state index contributed by atoms with van der Waals surface area (Å²) in [4.78, 5) is 40.7. The Balaban J connectivity index is 1.46. The number of benzene rings is 3. The third-order valence-electron chi connectivity index (χ3n) is 4.48. The monoisotopic (exact) mass is 372 g/mol. The van der Waals surface area contributed by atoms with Crippen molar-refractivity contribution in [1.29, 1.82) is 0 Å². The summed E-state index contributed by atoms with van der Waals surface area (Å²) >= 11 is 0. The van der Waals surface area contributed by atoms with Crippen LogP contribution in [0.4, 0.5) is 0 Å². The van der Waals surface area contributed by atoms with Crippen LogP contribution in [-0.4, -0.2) is 27.9 Å². The smallest absolute Gasteiger partial charge is 0.326 e. The molecule has 4 aromatic rings. The topological polar surface area (TPSA) is 78.3 Å². The highest BCUT2D eigenvalue weighted by atomic mass is 16.5. The summed E-state index contributed by atoms with van der Waals surface area (Å²) in [5.74, 6) is -0.960. The lowest BCUT2D eigenvalue weighted by Gasteiger charge is -2.09. The van der Waals surface area contributed by atoms with E-state index in [2.05, 4.69) is 4.98 Å². The van der Waals surface area contributed by atoms with E-state index in [0.29, 0.717) is 16.6 Å². The van der Waals surface area contributed by atoms with Gasteiger partial charge < -0.3 is 4.74 Å². The van der Waals surface area contributed by atoms with Gasteiger partial charge in [0.1, 0.15) is 6.54 Å². The molecule has 1 heterocycles. The van der Waals surface area contributed by atoms with Gasteiger partial charge in [-0.05, 0) is 29.0 Å². The van der Waals surface area contributed by atoms with E-state index in [9.17, 15) is 14.4 Å². The van der Waals surface area contributed by atoms with E-state index in [1.54, 1.807) is 36.4 Å². The van der Waals surface area contributed by atoms with Crippen molar-refractivity contribution in [3.8, 4) is 0 Å². The largest absolute Gasteiger partial charge is 0.456 e. The lowest BCUT2D eigenvalue weighted by molar-refractivity contribution is -0.143. The number of Topliss-reactive ketones (excluding diaryl/α,β-unsaturated/α-hetero) is 1. The Morgan fingerprint density at radius 1 is 0.929 bits per heavy atom. The van der Waals surface area contributed by atoms with Crippen molar-refractivity contribution in [2.75, 3.05) is 6.61 Å². The molecule has 1 aromatic heterocycles. The van der Waals surface area contributed by atoms with Crippen LogP contribution in [-0.2, 0) is 16.1 Å². The Kier molecular flexibility index (Phi) is 4.68. The summed E-state index contributed by atoms with van der Waals surface area (Å²) < 4.78 is 6.39. The summed E-state index contributed by atoms with van der Waals surface area (Å²) in [6.07, 6.45) is 1.16. The van der Waals surface area contributed by atoms with E-state index < -0.39 is 11.5 Å². The number of nitrogens with zero attached hydrogens (tertiary/aromatic N) is 2. The van der Waals surface area contributed by atoms with Crippen LogP contribution in [0, 0.1) is 0 Å². The molecule has 6 heteroatoms. The fourth-order valence-corrected chi connectivity index (χ4v) is 3.04. The quantitative estimate of drug-likeness (QED) is 0.398. The summed E-state index contributed by atoms with van der Waals surface area (Å²) in [5, 5.41) is 1.97. The van der Waals surface area contributed by atoms with Crippen LogP contribution in [0.1, 0.15) is 10.4 Å². The Labute approximate surface area is 160 Å². The predicted molar refractivity (Wildman–Crippen MR) is 105 cm³/mol. The Morgan fingerprint density at radius 2 is 1.68 bits per heavy atom. The summed E-state index contributed by atoms with van der Waals surface area (Å²) in [5.41, 5.74) is 1.20. The number of fused-ring (bicyclic) bond motifs is 2. The van der Waals surface area contributed by atoms with E-state index in [4.69, 9.17) is 4.74 Å². The predicted octanol–water partition coefficient (Wildman–Crippen LogP) is 2.98. The number of ether oxygens (including phenoxy) is 1. The normalized spacial score (nSPS) is 10.9. The number of hydrogen-bond acceptors (Lipinski definition) is 5. The number of esters is 1. The second-order valence-corrected chi connectivity index (χ2v) is 6.32. The third-order valence-corrected chi connectivity index (χ3v) is 4.48. The van der Waals surface area contributed by atoms with Crippen molar-refractivity contribution in [2.45, 2.75) is 6.54 Å². The first-order valence-electron chi connectivity index (χ1n) is 8.74. The number of carbonyl (C=O) groups excluding carboxylic acids is 2. The molecule has 28 heavy (non-hydrogen) atoms. The summed E-state index contributed by atoms with van der Waals surface area (Å²) in [7, 11) is 0. The zero-order valence-corrected chi connectivity index (χ0v) is 14.9. The van der Waals surface area contributed by atoms with Crippen LogP contribution >= 0.6 is 0 Å². The molecule has 0 radical (unpaired) electrons. The van der Waals surface area contributed by atoms with Gasteiger partial charge in [0.25, 0.3) is 5.56 Å². The molecule has 3 aromatic carbocycles. The molecule has 0 aliphatic carbocycles. The molecule has 0 spiro atoms. The highest BCUT2D eigenvalue weighted by molar-refractivity contribution is 6.01. The molecule has 0 fully saturated rings. The van der Waals surface area contributed by atoms with Gasteiger partial charge in [-0.15, -0.1) is 0 Å². The fourth-order valence-electron chi connectivity index (χ4n) is 3.04. The average Bonchev–Trinajstić information content (AvgIpc) is 2.73. The molecule has 0 N–H and O–H groups in total. The number of aromatic nitrogens is 2. The van der Waals surface area contributed by atoms with Crippen molar-refractivity contribution >= 4 is 33.6 Å². The first-order chi connectivity index (χ1) is 13.6. The van der Waals surface area contributed by atoms with Crippen LogP contribution in [0.3, 0.4) is 0 Å². The van der Waals surface area contributed by atoms with Gasteiger partial charge in [0.15, 0.2) is 12.4 Å². The maximum absolute atomic E-state index is 12.4. The lowest BCUT2D eigenvalue weighted by Crippen LogP contribution is -2.26. The summed E-state index contributed by atoms with van der Waals surface area (Å²) in [6, 6.07) is 20.0. The van der Waals surface area contributed by atoms with E-state index >= 15 is 0 Å². The molecular weight excluding hydrogens is 356 g/mol. The molecule has 0 aliphatic heterocycles. The third kappa shape index (κ3) is 3.53. The molecule has 6 nitrogen and oxygen atoms in total. The van der Waals surface area contributed by atoms with Gasteiger partial charge in [-0.3, -0.25) is 19.0 Å². The van der Waals surface area contributed by atoms with Crippen molar-refractivity contribution in [3.63, 3.8) is 0 Å². The first kappa shape index (κ1) is 17.6. The molecular formula is C22H16N2O4. The Bertz CT molecular complexity index is 1260. The van der Waals surface area contributed by atoms with Crippen LogP contribution < -0.4 is 5.56 Å². The summed E-state index contributed by atoms with van der Waals surface area (Å²) in [6.45, 7) is -0.665. The zero-order chi connectivity index (χ0) is 19.5. The van der Waals surface area contributed by atoms with E-state index in [0.717, 1.165) is 17.0 Å². The number of ketones is 1. The number of para-hydroxylation sites is 2. The van der Waals surface area contributed by atoms with Gasteiger partial charge >= 0.3 is 5.97 Å². The minimum absolute atomic E-state index is 0.285. The van der Waals surface area contributed by atoms with E-state index in [1.807, 2.05) is 30.3 Å². The van der Waals surface area contributed by atoms with Crippen molar-refractivity contribution in [3.05, 3.63) is 88.8 Å². The Morgan fingerprint density at radius 3 is 2.54 bits per heavy atom. The van der Waals surface area contributed by atoms with Gasteiger partial charge in [-0.25, -0.2) is 4.98 Å². The molecule has 138 valence electrons. The fraction of sp³-hybridized carbons (Fsp3) is 0.0909. The van der Waals surface area contributed by atoms with Gasteiger partial charge in [0.2, 0.25) is 0 Å². The highest BCUT2D eigenvalue weighted by Crippen LogP contribution is 2.16. The molecule has 0 amide bonds. The highest BCUT2D eigenvalue weighted by Gasteiger charge is 2.13. The van der Waals surface area contributed by atoms with E-state index in [1.165, 1.54) is 4.57 Å². The maximum Gasteiger partial charge on any atom is 0.326 e. The van der Waals surface area contributed by atoms with Crippen LogP contribution in [0.15, 0.2) is 77.7 Å². The minimum Gasteiger partial charge on any atom is -0.456 e. The SMILES string of the molecule is O=C(Cn1c(=O)cnc2ccccc21)OCC(=O)c1ccc2ccccc2c1. The minimum atomic E-state index is -0.660. The molecule has 0 unspecified atom stereocenters. The van der Waals surface area contributed by atoms with E-state index in [-0.39, 0.29) is 18.9 Å². The molecule has 0 atom stereocenters. The van der Waals surface area contributed by atoms with Crippen LogP contribution in [0.25, 0.3) is 21.8 Å². The average molecular weight is 372 g/mol. The lowest BCUT2D eigenvalue weighted by atomic mass is 10.0. The number of rotatable bonds is 5.